The molecule has 57 heavy (non-hydrogen) atoms. The number of methoxy groups -OCH3 is 1. The molecule has 3 fully saturated rings. The first kappa shape index (κ1) is 40.5. The Kier molecular flexibility index (Phi) is 10.8. The zero-order valence-corrected chi connectivity index (χ0v) is 33.1. The Hall–Kier alpha value is -4.67. The number of hydrazine groups is 1. The van der Waals surface area contributed by atoms with E-state index in [1.54, 1.807) is 24.3 Å². The number of phenols is 1. The number of alkyl halides is 3. The number of aliphatic carboxylic acids is 1. The molecule has 0 unspecified atom stereocenters. The van der Waals surface area contributed by atoms with Crippen LogP contribution < -0.4 is 10.2 Å². The van der Waals surface area contributed by atoms with Gasteiger partial charge in [-0.15, -0.1) is 0 Å². The van der Waals surface area contributed by atoms with Gasteiger partial charge in [-0.3, -0.25) is 34.3 Å². The van der Waals surface area contributed by atoms with Crippen molar-refractivity contribution < 1.29 is 52.1 Å². The number of benzene rings is 2. The molecule has 18 heteroatoms. The zero-order valence-electron chi connectivity index (χ0n) is 30.0. The molecule has 2 saturated heterocycles. The highest BCUT2D eigenvalue weighted by atomic mass is 79.9. The van der Waals surface area contributed by atoms with Gasteiger partial charge in [-0.25, -0.2) is 4.98 Å². The van der Waals surface area contributed by atoms with Gasteiger partial charge in [0.05, 0.1) is 40.9 Å². The van der Waals surface area contributed by atoms with E-state index in [0.717, 1.165) is 0 Å². The second-order valence-electron chi connectivity index (χ2n) is 14.5. The Balaban J connectivity index is 1.38. The molecular weight excluding hydrogens is 860 g/mol. The second kappa shape index (κ2) is 15.3. The Labute approximate surface area is 342 Å². The molecule has 2 aliphatic heterocycles. The summed E-state index contributed by atoms with van der Waals surface area (Å²) in [6.07, 6.45) is -1.30. The number of aromatic nitrogens is 1. The number of carbonyl (C=O) groups is 5. The van der Waals surface area contributed by atoms with Gasteiger partial charge in [-0.1, -0.05) is 69.3 Å². The SMILES string of the molecule is COc1cc(Br)cc([C@H]2C3=CC[C@@H]4C(=O)N(CCCCCC(=O)O)C(=O)[C@@H]4[C@@H]3C[C@H]3C(=O)N(Nc4ncc(C(F)(F)F)cc4Cl)C(=O)[C@@]23c2ccc(Cl)cc2)c1O. The number of unbranched alkanes of at least 4 members (excludes halogenated alkanes) is 2. The quantitative estimate of drug-likeness (QED) is 0.0997. The number of hydrogen-bond donors (Lipinski definition) is 3. The summed E-state index contributed by atoms with van der Waals surface area (Å²) in [5.74, 6) is -9.15. The maximum Gasteiger partial charge on any atom is 0.417 e. The summed E-state index contributed by atoms with van der Waals surface area (Å²) >= 11 is 16.1. The normalized spacial score (nSPS) is 25.6. The van der Waals surface area contributed by atoms with Crippen molar-refractivity contribution >= 4 is 74.5 Å². The van der Waals surface area contributed by atoms with E-state index < -0.39 is 87.2 Å². The standard InChI is InChI=1S/C39H34BrCl2F3N4O8/c1-57-28-15-20(40)14-25(32(28)52)31-22-10-11-23-30(36(55)48(34(23)53)12-4-2-3-5-29(50)51)24(22)16-26-35(54)49(37(56)38(26,31)18-6-8-21(41)9-7-18)47-33-27(42)13-19(17-46-33)39(43,44)45/h6-10,13-15,17,23-24,26,30-31,52H,2-5,11-12,16H2,1H3,(H,46,47)(H,50,51)/t23-,24+,26-,30-,31+,38+/m0/s1. The second-order valence-corrected chi connectivity index (χ2v) is 16.3. The van der Waals surface area contributed by atoms with Crippen LogP contribution in [0.5, 0.6) is 11.5 Å². The van der Waals surface area contributed by atoms with Crippen LogP contribution in [0.1, 0.15) is 61.1 Å². The number of carboxylic acids is 1. The number of fused-ring (bicyclic) bond motifs is 4. The van der Waals surface area contributed by atoms with Gasteiger partial charge >= 0.3 is 12.1 Å². The van der Waals surface area contributed by atoms with Gasteiger partial charge in [-0.05, 0) is 67.5 Å². The van der Waals surface area contributed by atoms with Crippen LogP contribution in [0.15, 0.2) is 64.8 Å². The molecule has 0 spiro atoms. The summed E-state index contributed by atoms with van der Waals surface area (Å²) in [5, 5.41) is 21.3. The van der Waals surface area contributed by atoms with Crippen LogP contribution in [0.3, 0.4) is 0 Å². The lowest BCUT2D eigenvalue weighted by Crippen LogP contribution is -2.53. The van der Waals surface area contributed by atoms with E-state index in [2.05, 4.69) is 26.3 Å². The van der Waals surface area contributed by atoms with Crippen molar-refractivity contribution in [3.05, 3.63) is 91.5 Å². The molecular formula is C39H34BrCl2F3N4O8. The van der Waals surface area contributed by atoms with E-state index in [-0.39, 0.29) is 42.9 Å². The van der Waals surface area contributed by atoms with E-state index >= 15 is 4.79 Å². The number of carbonyl (C=O) groups excluding carboxylic acids is 4. The first-order chi connectivity index (χ1) is 27.0. The van der Waals surface area contributed by atoms with E-state index in [9.17, 15) is 37.5 Å². The lowest BCUT2D eigenvalue weighted by atomic mass is 9.49. The third-order valence-corrected chi connectivity index (χ3v) is 12.5. The number of likely N-dealkylation sites (tertiary alicyclic amines) is 1. The van der Waals surface area contributed by atoms with Crippen molar-refractivity contribution in [2.24, 2.45) is 23.7 Å². The van der Waals surface area contributed by atoms with Gasteiger partial charge in [0.15, 0.2) is 17.3 Å². The predicted octanol–water partition coefficient (Wildman–Crippen LogP) is 7.51. The molecule has 3 N–H and O–H groups in total. The Morgan fingerprint density at radius 3 is 2.40 bits per heavy atom. The highest BCUT2D eigenvalue weighted by Crippen LogP contribution is 2.65. The summed E-state index contributed by atoms with van der Waals surface area (Å²) in [5.41, 5.74) is 0.549. The summed E-state index contributed by atoms with van der Waals surface area (Å²) < 4.78 is 46.4. The van der Waals surface area contributed by atoms with E-state index in [1.165, 1.54) is 30.2 Å². The van der Waals surface area contributed by atoms with E-state index in [0.29, 0.717) is 57.2 Å². The number of pyridine rings is 1. The van der Waals surface area contributed by atoms with Crippen LogP contribution in [0, 0.1) is 23.7 Å². The summed E-state index contributed by atoms with van der Waals surface area (Å²) in [6, 6.07) is 9.93. The van der Waals surface area contributed by atoms with Crippen LogP contribution in [0.2, 0.25) is 10.0 Å². The minimum atomic E-state index is -4.78. The number of halogens is 6. The van der Waals surface area contributed by atoms with E-state index in [1.807, 2.05) is 0 Å². The predicted molar refractivity (Wildman–Crippen MR) is 202 cm³/mol. The average Bonchev–Trinajstić information content (AvgIpc) is 3.53. The molecule has 1 aromatic heterocycles. The van der Waals surface area contributed by atoms with Crippen LogP contribution in [0.25, 0.3) is 0 Å². The monoisotopic (exact) mass is 892 g/mol. The van der Waals surface area contributed by atoms with Crippen molar-refractivity contribution in [3.63, 3.8) is 0 Å². The van der Waals surface area contributed by atoms with Crippen molar-refractivity contribution in [3.8, 4) is 11.5 Å². The third kappa shape index (κ3) is 6.82. The lowest BCUT2D eigenvalue weighted by molar-refractivity contribution is -0.141. The molecule has 3 heterocycles. The number of hydrogen-bond acceptors (Lipinski definition) is 9. The maximum absolute atomic E-state index is 15.4. The number of phenolic OH excluding ortho intramolecular Hbond substituents is 1. The molecule has 4 amide bonds. The molecule has 0 radical (unpaired) electrons. The number of rotatable bonds is 11. The topological polar surface area (TPSA) is 166 Å². The van der Waals surface area contributed by atoms with Gasteiger partial charge in [-0.2, -0.15) is 18.2 Å². The third-order valence-electron chi connectivity index (χ3n) is 11.5. The fourth-order valence-electron chi connectivity index (χ4n) is 9.11. The molecule has 3 aromatic rings. The largest absolute Gasteiger partial charge is 0.504 e. The molecule has 2 aromatic carbocycles. The fraction of sp³-hybridized carbons (Fsp3) is 0.385. The number of aromatic hydroxyl groups is 1. The Bertz CT molecular complexity index is 2220. The first-order valence-corrected chi connectivity index (χ1v) is 19.5. The number of carboxylic acid groups (broad SMARTS) is 1. The first-order valence-electron chi connectivity index (χ1n) is 18.0. The van der Waals surface area contributed by atoms with Crippen molar-refractivity contribution in [2.75, 3.05) is 19.1 Å². The van der Waals surface area contributed by atoms with E-state index in [4.69, 9.17) is 33.0 Å². The van der Waals surface area contributed by atoms with Crippen molar-refractivity contribution in [1.82, 2.24) is 14.9 Å². The number of nitrogens with zero attached hydrogens (tertiary/aromatic N) is 3. The minimum absolute atomic E-state index is 0.0345. The fourth-order valence-corrected chi connectivity index (χ4v) is 9.90. The smallest absolute Gasteiger partial charge is 0.417 e. The highest BCUT2D eigenvalue weighted by Gasteiger charge is 2.70. The maximum atomic E-state index is 15.4. The summed E-state index contributed by atoms with van der Waals surface area (Å²) in [6.45, 7) is 0.0769. The average molecular weight is 895 g/mol. The number of nitrogens with one attached hydrogen (secondary N) is 1. The molecule has 12 nitrogen and oxygen atoms in total. The molecule has 4 aliphatic rings. The van der Waals surface area contributed by atoms with Gasteiger partial charge in [0.2, 0.25) is 11.8 Å². The number of allylic oxidation sites excluding steroid dienone is 2. The van der Waals surface area contributed by atoms with Gasteiger partial charge < -0.3 is 14.9 Å². The molecule has 2 aliphatic carbocycles. The highest BCUT2D eigenvalue weighted by molar-refractivity contribution is 9.10. The number of ether oxygens (including phenoxy) is 1. The van der Waals surface area contributed by atoms with Gasteiger partial charge in [0.1, 0.15) is 0 Å². The molecule has 0 bridgehead atoms. The summed E-state index contributed by atoms with van der Waals surface area (Å²) in [4.78, 5) is 74.4. The van der Waals surface area contributed by atoms with Gasteiger partial charge in [0, 0.05) is 40.1 Å². The van der Waals surface area contributed by atoms with Crippen molar-refractivity contribution in [1.29, 1.82) is 0 Å². The molecule has 7 rings (SSSR count). The Morgan fingerprint density at radius 2 is 1.75 bits per heavy atom. The Morgan fingerprint density at radius 1 is 1.04 bits per heavy atom. The van der Waals surface area contributed by atoms with Crippen LogP contribution in [-0.2, 0) is 35.6 Å². The van der Waals surface area contributed by atoms with Crippen molar-refractivity contribution in [2.45, 2.75) is 56.0 Å². The molecule has 300 valence electrons. The number of amides is 4. The summed E-state index contributed by atoms with van der Waals surface area (Å²) in [7, 11) is 1.34. The van der Waals surface area contributed by atoms with Crippen LogP contribution in [0.4, 0.5) is 19.0 Å². The molecule has 6 atom stereocenters. The van der Waals surface area contributed by atoms with Gasteiger partial charge in [0.25, 0.3) is 11.8 Å². The lowest BCUT2D eigenvalue weighted by Gasteiger charge is -2.50. The van der Waals surface area contributed by atoms with Crippen LogP contribution in [-0.4, -0.2) is 68.4 Å². The minimum Gasteiger partial charge on any atom is -0.504 e. The molecule has 1 saturated carbocycles. The zero-order chi connectivity index (χ0) is 41.1. The number of anilines is 1. The number of imide groups is 2. The van der Waals surface area contributed by atoms with Crippen LogP contribution >= 0.6 is 39.1 Å².